The minimum atomic E-state index is -0.752. The van der Waals surface area contributed by atoms with E-state index in [1.54, 1.807) is 48.7 Å². The van der Waals surface area contributed by atoms with Crippen LogP contribution in [0.15, 0.2) is 84.1 Å². The SMILES string of the molecule is COC(=O)c1ccc(-c2ccc(C(C/C(=N\O)c3ccnc(C)c3)c3ccc(Cl)cc3F)cc2)cc1F. The zero-order valence-corrected chi connectivity index (χ0v) is 20.8. The van der Waals surface area contributed by atoms with Crippen LogP contribution in [0.3, 0.4) is 0 Å². The van der Waals surface area contributed by atoms with Crippen LogP contribution in [0, 0.1) is 18.6 Å². The number of halogens is 3. The Labute approximate surface area is 218 Å². The molecule has 8 heteroatoms. The summed E-state index contributed by atoms with van der Waals surface area (Å²) >= 11 is 5.99. The van der Waals surface area contributed by atoms with E-state index in [0.717, 1.165) is 11.3 Å². The van der Waals surface area contributed by atoms with Crippen molar-refractivity contribution in [2.24, 2.45) is 5.16 Å². The third kappa shape index (κ3) is 5.84. The molecule has 0 radical (unpaired) electrons. The van der Waals surface area contributed by atoms with Gasteiger partial charge in [-0.1, -0.05) is 53.2 Å². The van der Waals surface area contributed by atoms with Crippen LogP contribution < -0.4 is 0 Å². The van der Waals surface area contributed by atoms with Gasteiger partial charge in [0.1, 0.15) is 11.6 Å². The Morgan fingerprint density at radius 2 is 1.73 bits per heavy atom. The maximum atomic E-state index is 15.1. The molecule has 1 heterocycles. The average molecular weight is 521 g/mol. The Morgan fingerprint density at radius 3 is 2.35 bits per heavy atom. The number of rotatable bonds is 7. The van der Waals surface area contributed by atoms with Gasteiger partial charge in [0.15, 0.2) is 0 Å². The van der Waals surface area contributed by atoms with Crippen LogP contribution in [0.2, 0.25) is 5.02 Å². The van der Waals surface area contributed by atoms with Crippen LogP contribution in [0.4, 0.5) is 8.78 Å². The van der Waals surface area contributed by atoms with Crippen LogP contribution >= 0.6 is 11.6 Å². The standard InChI is InChI=1S/C29H23ClF2N2O3/c1-17-13-21(11-12-33-17)28(34-36)16-25(23-10-8-22(30)15-27(23)32)19-5-3-18(4-6-19)20-7-9-24(26(31)14-20)29(35)37-2/h3-15,25,36H,16H2,1-2H3/b34-28+. The molecule has 0 saturated heterocycles. The molecule has 1 atom stereocenters. The van der Waals surface area contributed by atoms with Gasteiger partial charge in [0, 0.05) is 34.8 Å². The first-order valence-corrected chi connectivity index (χ1v) is 11.8. The lowest BCUT2D eigenvalue weighted by molar-refractivity contribution is 0.0595. The van der Waals surface area contributed by atoms with Crippen molar-refractivity contribution in [2.75, 3.05) is 7.11 Å². The summed E-state index contributed by atoms with van der Waals surface area (Å²) in [5.41, 5.74) is 4.06. The number of oxime groups is 1. The summed E-state index contributed by atoms with van der Waals surface area (Å²) in [6.07, 6.45) is 1.81. The van der Waals surface area contributed by atoms with Crippen molar-refractivity contribution in [1.29, 1.82) is 0 Å². The van der Waals surface area contributed by atoms with Gasteiger partial charge in [-0.2, -0.15) is 0 Å². The second-order valence-electron chi connectivity index (χ2n) is 8.46. The Balaban J connectivity index is 1.71. The number of methoxy groups -OCH3 is 1. The average Bonchev–Trinajstić information content (AvgIpc) is 2.89. The van der Waals surface area contributed by atoms with Gasteiger partial charge in [-0.25, -0.2) is 13.6 Å². The predicted molar refractivity (Wildman–Crippen MR) is 138 cm³/mol. The van der Waals surface area contributed by atoms with Crippen LogP contribution in [0.25, 0.3) is 11.1 Å². The lowest BCUT2D eigenvalue weighted by atomic mass is 9.84. The van der Waals surface area contributed by atoms with Gasteiger partial charge in [-0.3, -0.25) is 4.98 Å². The second-order valence-corrected chi connectivity index (χ2v) is 8.90. The van der Waals surface area contributed by atoms with E-state index in [9.17, 15) is 14.4 Å². The molecule has 1 unspecified atom stereocenters. The molecule has 188 valence electrons. The molecule has 0 spiro atoms. The number of esters is 1. The molecule has 0 aliphatic carbocycles. The summed E-state index contributed by atoms with van der Waals surface area (Å²) in [4.78, 5) is 15.9. The van der Waals surface area contributed by atoms with Gasteiger partial charge in [-0.05, 0) is 65.6 Å². The van der Waals surface area contributed by atoms with Crippen molar-refractivity contribution in [3.63, 3.8) is 0 Å². The summed E-state index contributed by atoms with van der Waals surface area (Å²) in [5.74, 6) is -2.43. The summed E-state index contributed by atoms with van der Waals surface area (Å²) in [7, 11) is 1.19. The first kappa shape index (κ1) is 26.0. The van der Waals surface area contributed by atoms with Crippen molar-refractivity contribution in [3.8, 4) is 11.1 Å². The highest BCUT2D eigenvalue weighted by molar-refractivity contribution is 6.30. The highest BCUT2D eigenvalue weighted by atomic mass is 35.5. The fourth-order valence-corrected chi connectivity index (χ4v) is 4.36. The third-order valence-electron chi connectivity index (χ3n) is 6.11. The maximum absolute atomic E-state index is 15.1. The number of hydrogen-bond donors (Lipinski definition) is 1. The Bertz CT molecular complexity index is 1470. The van der Waals surface area contributed by atoms with Crippen LogP contribution in [0.5, 0.6) is 0 Å². The minimum absolute atomic E-state index is 0.150. The number of carbonyl (C=O) groups excluding carboxylic acids is 1. The zero-order valence-electron chi connectivity index (χ0n) is 20.1. The summed E-state index contributed by atoms with van der Waals surface area (Å²) in [5, 5.41) is 13.6. The van der Waals surface area contributed by atoms with Crippen molar-refractivity contribution in [1.82, 2.24) is 4.98 Å². The van der Waals surface area contributed by atoms with Gasteiger partial charge in [-0.15, -0.1) is 0 Å². The molecule has 1 N–H and O–H groups in total. The van der Waals surface area contributed by atoms with Gasteiger partial charge >= 0.3 is 5.97 Å². The molecule has 0 aliphatic rings. The van der Waals surface area contributed by atoms with E-state index in [-0.39, 0.29) is 17.0 Å². The van der Waals surface area contributed by atoms with Crippen molar-refractivity contribution < 1.29 is 23.5 Å². The van der Waals surface area contributed by atoms with Crippen molar-refractivity contribution in [2.45, 2.75) is 19.3 Å². The summed E-state index contributed by atoms with van der Waals surface area (Å²) in [6.45, 7) is 1.83. The molecule has 4 rings (SSSR count). The molecule has 4 aromatic rings. The fourth-order valence-electron chi connectivity index (χ4n) is 4.20. The topological polar surface area (TPSA) is 71.8 Å². The van der Waals surface area contributed by atoms with Crippen LogP contribution in [-0.2, 0) is 4.74 Å². The highest BCUT2D eigenvalue weighted by Crippen LogP contribution is 2.34. The van der Waals surface area contributed by atoms with E-state index in [4.69, 9.17) is 11.6 Å². The van der Waals surface area contributed by atoms with Crippen molar-refractivity contribution >= 4 is 23.3 Å². The monoisotopic (exact) mass is 520 g/mol. The molecule has 5 nitrogen and oxygen atoms in total. The molecule has 0 aliphatic heterocycles. The van der Waals surface area contributed by atoms with Gasteiger partial charge in [0.25, 0.3) is 0 Å². The quantitative estimate of drug-likeness (QED) is 0.121. The van der Waals surface area contributed by atoms with E-state index >= 15 is 4.39 Å². The Hall–Kier alpha value is -4.10. The van der Waals surface area contributed by atoms with Gasteiger partial charge in [0.05, 0.1) is 18.4 Å². The third-order valence-corrected chi connectivity index (χ3v) is 6.34. The lowest BCUT2D eigenvalue weighted by Gasteiger charge is -2.20. The van der Waals surface area contributed by atoms with Crippen molar-refractivity contribution in [3.05, 3.63) is 124 Å². The highest BCUT2D eigenvalue weighted by Gasteiger charge is 2.22. The number of nitrogens with zero attached hydrogens (tertiary/aromatic N) is 2. The second kappa shape index (κ2) is 11.3. The Kier molecular flexibility index (Phi) is 7.94. The van der Waals surface area contributed by atoms with E-state index in [1.807, 2.05) is 19.1 Å². The van der Waals surface area contributed by atoms with Gasteiger partial charge < -0.3 is 9.94 Å². The smallest absolute Gasteiger partial charge is 0.340 e. The normalized spacial score (nSPS) is 12.3. The molecule has 0 amide bonds. The predicted octanol–water partition coefficient (Wildman–Crippen LogP) is 7.18. The first-order chi connectivity index (χ1) is 17.8. The molecule has 0 fully saturated rings. The van der Waals surface area contributed by atoms with E-state index in [0.29, 0.717) is 28.0 Å². The maximum Gasteiger partial charge on any atom is 0.340 e. The van der Waals surface area contributed by atoms with E-state index < -0.39 is 23.5 Å². The van der Waals surface area contributed by atoms with Gasteiger partial charge in [0.2, 0.25) is 0 Å². The molecule has 0 saturated carbocycles. The largest absolute Gasteiger partial charge is 0.465 e. The summed E-state index contributed by atoms with van der Waals surface area (Å²) < 4.78 is 34.1. The minimum Gasteiger partial charge on any atom is -0.465 e. The number of benzene rings is 3. The fraction of sp³-hybridized carbons (Fsp3) is 0.138. The lowest BCUT2D eigenvalue weighted by Crippen LogP contribution is -2.12. The molecule has 0 bridgehead atoms. The first-order valence-electron chi connectivity index (χ1n) is 11.4. The molecule has 3 aromatic carbocycles. The molecule has 1 aromatic heterocycles. The number of aryl methyl sites for hydroxylation is 1. The number of carbonyl (C=O) groups is 1. The summed E-state index contributed by atoms with van der Waals surface area (Å²) in [6, 6.07) is 19.5. The van der Waals surface area contributed by atoms with E-state index in [1.165, 1.54) is 25.3 Å². The molecular formula is C29H23ClF2N2O3. The van der Waals surface area contributed by atoms with E-state index in [2.05, 4.69) is 14.9 Å². The number of aromatic nitrogens is 1. The molecule has 37 heavy (non-hydrogen) atoms. The van der Waals surface area contributed by atoms with Crippen LogP contribution in [0.1, 0.15) is 45.1 Å². The van der Waals surface area contributed by atoms with Crippen LogP contribution in [-0.4, -0.2) is 29.0 Å². The number of ether oxygens (including phenoxy) is 1. The number of hydrogen-bond acceptors (Lipinski definition) is 5. The molecular weight excluding hydrogens is 498 g/mol. The zero-order chi connectivity index (χ0) is 26.5. The number of pyridine rings is 1. The Morgan fingerprint density at radius 1 is 1.00 bits per heavy atom.